The van der Waals surface area contributed by atoms with Gasteiger partial charge in [-0.1, -0.05) is 252 Å². The smallest absolute Gasteiger partial charge is 0.221 e. The van der Waals surface area contributed by atoms with Gasteiger partial charge in [-0.05, 0) is 38.6 Å². The van der Waals surface area contributed by atoms with Crippen molar-refractivity contribution in [2.24, 2.45) is 5.73 Å². The van der Waals surface area contributed by atoms with Gasteiger partial charge in [-0.25, -0.2) is 0 Å². The van der Waals surface area contributed by atoms with Crippen molar-refractivity contribution in [3.05, 3.63) is 0 Å². The summed E-state index contributed by atoms with van der Waals surface area (Å²) in [7, 11) is 0. The lowest BCUT2D eigenvalue weighted by molar-refractivity contribution is -0.127. The van der Waals surface area contributed by atoms with E-state index in [1.165, 1.54) is 218 Å². The summed E-state index contributed by atoms with van der Waals surface area (Å²) in [6, 6.07) is 0. The first-order chi connectivity index (χ1) is 27.0. The van der Waals surface area contributed by atoms with Crippen LogP contribution < -0.4 is 16.4 Å². The van der Waals surface area contributed by atoms with Crippen molar-refractivity contribution in [2.45, 2.75) is 303 Å². The second-order valence-corrected chi connectivity index (χ2v) is 17.7. The van der Waals surface area contributed by atoms with Crippen molar-refractivity contribution in [1.29, 1.82) is 0 Å². The van der Waals surface area contributed by atoms with E-state index in [0.29, 0.717) is 32.2 Å². The van der Waals surface area contributed by atoms with Crippen LogP contribution in [0.4, 0.5) is 0 Å². The van der Waals surface area contributed by atoms with Crippen molar-refractivity contribution in [2.75, 3.05) is 6.54 Å². The summed E-state index contributed by atoms with van der Waals surface area (Å²) in [6.45, 7) is 7.21. The van der Waals surface area contributed by atoms with Crippen LogP contribution in [0.15, 0.2) is 0 Å². The molecule has 0 unspecified atom stereocenters. The van der Waals surface area contributed by atoms with E-state index in [1.807, 2.05) is 0 Å². The number of unbranched alkanes of at least 4 members (excludes halogenated alkanes) is 36. The zero-order valence-corrected chi connectivity index (χ0v) is 38.0. The first-order valence-corrected chi connectivity index (χ1v) is 25.4. The molecular weight excluding hydrogens is 675 g/mol. The van der Waals surface area contributed by atoms with E-state index < -0.39 is 5.66 Å². The molecule has 0 heterocycles. The van der Waals surface area contributed by atoms with E-state index in [1.54, 1.807) is 0 Å². The van der Waals surface area contributed by atoms with Crippen molar-refractivity contribution < 1.29 is 9.59 Å². The van der Waals surface area contributed by atoms with E-state index in [0.717, 1.165) is 32.1 Å². The van der Waals surface area contributed by atoms with Crippen LogP contribution in [0.2, 0.25) is 0 Å². The maximum atomic E-state index is 13.0. The van der Waals surface area contributed by atoms with Gasteiger partial charge in [0.2, 0.25) is 11.8 Å². The van der Waals surface area contributed by atoms with Gasteiger partial charge in [0.1, 0.15) is 5.66 Å². The molecule has 0 saturated heterocycles. The van der Waals surface area contributed by atoms with Gasteiger partial charge in [-0.15, -0.1) is 0 Å². The third-order valence-corrected chi connectivity index (χ3v) is 12.2. The predicted molar refractivity (Wildman–Crippen MR) is 244 cm³/mol. The largest absolute Gasteiger partial charge is 0.333 e. The Kier molecular flexibility index (Phi) is 43.1. The number of rotatable bonds is 46. The first-order valence-electron chi connectivity index (χ1n) is 25.4. The zero-order chi connectivity index (χ0) is 40.2. The Morgan fingerprint density at radius 2 is 0.564 bits per heavy atom. The minimum Gasteiger partial charge on any atom is -0.333 e. The number of nitrogens with one attached hydrogen (secondary N) is 2. The van der Waals surface area contributed by atoms with Gasteiger partial charge in [0, 0.05) is 12.8 Å². The number of carbonyl (C=O) groups excluding carboxylic acids is 2. The normalized spacial score (nSPS) is 11.7. The maximum absolute atomic E-state index is 13.0. The topological polar surface area (TPSA) is 84.2 Å². The third kappa shape index (κ3) is 39.5. The predicted octanol–water partition coefficient (Wildman–Crippen LogP) is 15.7. The van der Waals surface area contributed by atoms with Crippen LogP contribution in [0.3, 0.4) is 0 Å². The van der Waals surface area contributed by atoms with E-state index in [-0.39, 0.29) is 11.8 Å². The molecule has 55 heavy (non-hydrogen) atoms. The minimum atomic E-state index is -0.671. The SMILES string of the molecule is CCCCCCCCCCCCCCCCCCCCCC(=O)NC(CC)(CCCN)NC(=O)CCCCCCCCCCCCCCCCCCCCC. The van der Waals surface area contributed by atoms with Crippen LogP contribution in [0.1, 0.15) is 297 Å². The van der Waals surface area contributed by atoms with Crippen LogP contribution in [-0.4, -0.2) is 24.0 Å². The fraction of sp³-hybridized carbons (Fsp3) is 0.960. The fourth-order valence-corrected chi connectivity index (χ4v) is 8.30. The minimum absolute atomic E-state index is 0.0645. The number of amides is 2. The Labute approximate surface area is 345 Å². The number of carbonyl (C=O) groups is 2. The highest BCUT2D eigenvalue weighted by atomic mass is 16.2. The van der Waals surface area contributed by atoms with Crippen LogP contribution in [0, 0.1) is 0 Å². The monoisotopic (exact) mass is 776 g/mol. The van der Waals surface area contributed by atoms with Gasteiger partial charge in [0.25, 0.3) is 0 Å². The molecular formula is C50H101N3O2. The van der Waals surface area contributed by atoms with Crippen LogP contribution in [0.5, 0.6) is 0 Å². The summed E-state index contributed by atoms with van der Waals surface area (Å²) >= 11 is 0. The molecule has 0 rings (SSSR count). The molecule has 0 aromatic carbocycles. The summed E-state index contributed by atoms with van der Waals surface area (Å²) in [5, 5.41) is 6.48. The number of hydrogen-bond acceptors (Lipinski definition) is 3. The van der Waals surface area contributed by atoms with Crippen molar-refractivity contribution in [3.8, 4) is 0 Å². The van der Waals surface area contributed by atoms with E-state index >= 15 is 0 Å². The molecule has 0 fully saturated rings. The molecule has 0 aromatic heterocycles. The second-order valence-electron chi connectivity index (χ2n) is 17.7. The molecule has 328 valence electrons. The van der Waals surface area contributed by atoms with E-state index in [9.17, 15) is 9.59 Å². The Morgan fingerprint density at radius 3 is 0.764 bits per heavy atom. The Bertz CT molecular complexity index is 731. The van der Waals surface area contributed by atoms with Crippen molar-refractivity contribution in [3.63, 3.8) is 0 Å². The lowest BCUT2D eigenvalue weighted by Gasteiger charge is -2.35. The number of nitrogens with two attached hydrogens (primary N) is 1. The number of hydrogen-bond donors (Lipinski definition) is 3. The van der Waals surface area contributed by atoms with E-state index in [2.05, 4.69) is 31.4 Å². The molecule has 0 aliphatic rings. The van der Waals surface area contributed by atoms with Crippen LogP contribution >= 0.6 is 0 Å². The quantitative estimate of drug-likeness (QED) is 0.0425. The lowest BCUT2D eigenvalue weighted by Crippen LogP contribution is -2.60. The first kappa shape index (κ1) is 53.9. The summed E-state index contributed by atoms with van der Waals surface area (Å²) < 4.78 is 0. The molecule has 0 bridgehead atoms. The molecule has 0 radical (unpaired) electrons. The molecule has 0 aliphatic carbocycles. The van der Waals surface area contributed by atoms with Gasteiger partial charge >= 0.3 is 0 Å². The maximum Gasteiger partial charge on any atom is 0.221 e. The molecule has 0 atom stereocenters. The summed E-state index contributed by atoms with van der Waals surface area (Å²) in [6.07, 6.45) is 54.6. The third-order valence-electron chi connectivity index (χ3n) is 12.2. The molecule has 0 aromatic rings. The highest BCUT2D eigenvalue weighted by Crippen LogP contribution is 2.19. The molecule has 5 nitrogen and oxygen atoms in total. The molecule has 4 N–H and O–H groups in total. The second kappa shape index (κ2) is 44.0. The zero-order valence-electron chi connectivity index (χ0n) is 38.0. The van der Waals surface area contributed by atoms with Gasteiger partial charge in [0.05, 0.1) is 0 Å². The van der Waals surface area contributed by atoms with Crippen molar-refractivity contribution in [1.82, 2.24) is 10.6 Å². The highest BCUT2D eigenvalue weighted by molar-refractivity contribution is 5.80. The van der Waals surface area contributed by atoms with Gasteiger partial charge in [-0.2, -0.15) is 0 Å². The van der Waals surface area contributed by atoms with Crippen molar-refractivity contribution >= 4 is 11.8 Å². The Morgan fingerprint density at radius 1 is 0.345 bits per heavy atom. The molecule has 0 aliphatic heterocycles. The summed E-state index contributed by atoms with van der Waals surface area (Å²) in [4.78, 5) is 26.0. The molecule has 0 saturated carbocycles. The molecule has 0 spiro atoms. The van der Waals surface area contributed by atoms with Crippen LogP contribution in [0.25, 0.3) is 0 Å². The highest BCUT2D eigenvalue weighted by Gasteiger charge is 2.30. The molecule has 5 heteroatoms. The Balaban J connectivity index is 3.84. The fourth-order valence-electron chi connectivity index (χ4n) is 8.30. The lowest BCUT2D eigenvalue weighted by atomic mass is 9.98. The average Bonchev–Trinajstić information content (AvgIpc) is 3.18. The molecule has 2 amide bonds. The average molecular weight is 776 g/mol. The van der Waals surface area contributed by atoms with Gasteiger partial charge in [-0.3, -0.25) is 9.59 Å². The van der Waals surface area contributed by atoms with Crippen LogP contribution in [-0.2, 0) is 9.59 Å². The van der Waals surface area contributed by atoms with Gasteiger partial charge < -0.3 is 16.4 Å². The Hall–Kier alpha value is -1.10. The van der Waals surface area contributed by atoms with Gasteiger partial charge in [0.15, 0.2) is 0 Å². The van der Waals surface area contributed by atoms with E-state index in [4.69, 9.17) is 5.73 Å². The summed E-state index contributed by atoms with van der Waals surface area (Å²) in [5.74, 6) is 0.129. The summed E-state index contributed by atoms with van der Waals surface area (Å²) in [5.41, 5.74) is 5.18. The standard InChI is InChI=1S/C50H101N3O2/c1-4-7-9-11-13-15-17-19-21-23-25-27-29-31-33-35-37-39-41-44-48(54)52-50(6-3,46-43-47-51)53-49(55)45-42-40-38-36-34-32-30-28-26-24-22-20-18-16-14-12-10-8-5-2/h4-47,51H2,1-3H3,(H,52,54)(H,53,55).